The Morgan fingerprint density at radius 3 is 2.44 bits per heavy atom. The Labute approximate surface area is 130 Å². The molecular formula is C13H15Cl2Zr. The molecule has 0 saturated heterocycles. The van der Waals surface area contributed by atoms with Crippen molar-refractivity contribution < 1.29 is 51.0 Å². The smallest absolute Gasteiger partial charge is 1.00 e. The van der Waals surface area contributed by atoms with Crippen molar-refractivity contribution in [2.75, 3.05) is 0 Å². The molecular weight excluding hydrogens is 318 g/mol. The molecule has 0 spiro atoms. The van der Waals surface area contributed by atoms with Crippen molar-refractivity contribution in [3.05, 3.63) is 41.5 Å². The van der Waals surface area contributed by atoms with Gasteiger partial charge in [0.25, 0.3) is 0 Å². The molecule has 0 saturated carbocycles. The van der Waals surface area contributed by atoms with Gasteiger partial charge in [0, 0.05) is 0 Å². The van der Waals surface area contributed by atoms with Gasteiger partial charge in [-0.05, 0) is 5.92 Å². The number of halogens is 2. The molecule has 0 nitrogen and oxygen atoms in total. The van der Waals surface area contributed by atoms with Crippen molar-refractivity contribution in [1.29, 1.82) is 0 Å². The standard InChI is InChI=1S/C13H15.2ClH.Zr/c1-10(2)9-12-8-7-11-5-3-4-6-13(11)12;;;/h3-7,10,12H,9H2,1-2H3;2*1H;/q-1;;;+3/p-2. The van der Waals surface area contributed by atoms with Crippen molar-refractivity contribution in [3.63, 3.8) is 0 Å². The second-order valence-corrected chi connectivity index (χ2v) is 4.12. The largest absolute Gasteiger partial charge is 3.00 e. The molecule has 16 heavy (non-hydrogen) atoms. The normalized spacial score (nSPS) is 15.8. The first kappa shape index (κ1) is 18.8. The predicted octanol–water partition coefficient (Wildman–Crippen LogP) is -2.35. The summed E-state index contributed by atoms with van der Waals surface area (Å²) < 4.78 is 0. The summed E-state index contributed by atoms with van der Waals surface area (Å²) in [7, 11) is 0. The molecule has 1 aromatic rings. The Bertz CT molecular complexity index is 334. The number of hydrogen-bond donors (Lipinski definition) is 0. The molecule has 0 bridgehead atoms. The van der Waals surface area contributed by atoms with Gasteiger partial charge < -0.3 is 24.8 Å². The topological polar surface area (TPSA) is 0 Å². The monoisotopic (exact) mass is 331 g/mol. The minimum absolute atomic E-state index is 0. The van der Waals surface area contributed by atoms with E-state index in [0.29, 0.717) is 5.92 Å². The second kappa shape index (κ2) is 8.50. The van der Waals surface area contributed by atoms with E-state index in [1.807, 2.05) is 0 Å². The van der Waals surface area contributed by atoms with Crippen LogP contribution in [-0.2, 0) is 26.2 Å². The first-order valence-corrected chi connectivity index (χ1v) is 4.95. The molecule has 0 heterocycles. The predicted molar refractivity (Wildman–Crippen MR) is 56.3 cm³/mol. The number of fused-ring (bicyclic) bond motifs is 1. The Kier molecular flexibility index (Phi) is 9.98. The van der Waals surface area contributed by atoms with Gasteiger partial charge in [0.15, 0.2) is 0 Å². The van der Waals surface area contributed by atoms with E-state index in [2.05, 4.69) is 50.3 Å². The maximum absolute atomic E-state index is 3.43. The van der Waals surface area contributed by atoms with Crippen LogP contribution >= 0.6 is 0 Å². The van der Waals surface area contributed by atoms with E-state index in [4.69, 9.17) is 0 Å². The number of hydrogen-bond acceptors (Lipinski definition) is 0. The third-order valence-electron chi connectivity index (χ3n) is 2.52. The van der Waals surface area contributed by atoms with Crippen molar-refractivity contribution in [2.45, 2.75) is 26.2 Å². The van der Waals surface area contributed by atoms with Gasteiger partial charge in [0.05, 0.1) is 0 Å². The SMILES string of the molecule is CC(C)CC1[C-]=Cc2ccccc21.[Cl-].[Cl-].[Zr+3]. The number of rotatable bonds is 2. The fourth-order valence-corrected chi connectivity index (χ4v) is 1.91. The molecule has 1 aromatic carbocycles. The van der Waals surface area contributed by atoms with Crippen molar-refractivity contribution in [2.24, 2.45) is 5.92 Å². The Morgan fingerprint density at radius 1 is 1.19 bits per heavy atom. The van der Waals surface area contributed by atoms with Gasteiger partial charge in [-0.25, -0.2) is 6.08 Å². The third-order valence-corrected chi connectivity index (χ3v) is 2.52. The van der Waals surface area contributed by atoms with Gasteiger partial charge in [-0.1, -0.05) is 44.4 Å². The summed E-state index contributed by atoms with van der Waals surface area (Å²) in [6.07, 6.45) is 6.77. The average molecular weight is 333 g/mol. The van der Waals surface area contributed by atoms with Crippen LogP contribution < -0.4 is 24.8 Å². The van der Waals surface area contributed by atoms with Gasteiger partial charge in [-0.2, -0.15) is 5.56 Å². The Morgan fingerprint density at radius 2 is 1.81 bits per heavy atom. The number of benzene rings is 1. The van der Waals surface area contributed by atoms with Crippen molar-refractivity contribution >= 4 is 6.08 Å². The van der Waals surface area contributed by atoms with Crippen LogP contribution in [0.25, 0.3) is 6.08 Å². The van der Waals surface area contributed by atoms with E-state index >= 15 is 0 Å². The van der Waals surface area contributed by atoms with Gasteiger partial charge in [0.1, 0.15) is 0 Å². The molecule has 1 aliphatic carbocycles. The van der Waals surface area contributed by atoms with E-state index in [0.717, 1.165) is 5.92 Å². The summed E-state index contributed by atoms with van der Waals surface area (Å²) in [6, 6.07) is 8.60. The Balaban J connectivity index is 0. The molecule has 0 aliphatic heterocycles. The molecule has 1 atom stereocenters. The van der Waals surface area contributed by atoms with Crippen LogP contribution in [0, 0.1) is 12.0 Å². The average Bonchev–Trinajstić information content (AvgIpc) is 2.48. The van der Waals surface area contributed by atoms with Crippen LogP contribution in [0.3, 0.4) is 0 Å². The summed E-state index contributed by atoms with van der Waals surface area (Å²) in [4.78, 5) is 0. The third kappa shape index (κ3) is 4.36. The van der Waals surface area contributed by atoms with E-state index in [9.17, 15) is 0 Å². The molecule has 0 fully saturated rings. The first-order chi connectivity index (χ1) is 6.27. The van der Waals surface area contributed by atoms with E-state index < -0.39 is 0 Å². The molecule has 0 amide bonds. The summed E-state index contributed by atoms with van der Waals surface area (Å²) >= 11 is 0. The Hall–Kier alpha value is 0.423. The molecule has 3 heteroatoms. The molecule has 0 aromatic heterocycles. The van der Waals surface area contributed by atoms with Gasteiger partial charge in [-0.15, -0.1) is 11.6 Å². The summed E-state index contributed by atoms with van der Waals surface area (Å²) in [5.74, 6) is 1.29. The van der Waals surface area contributed by atoms with Crippen LogP contribution in [0.2, 0.25) is 0 Å². The zero-order chi connectivity index (χ0) is 9.26. The fourth-order valence-electron chi connectivity index (χ4n) is 1.91. The van der Waals surface area contributed by atoms with Crippen LogP contribution in [0.1, 0.15) is 37.3 Å². The van der Waals surface area contributed by atoms with Gasteiger partial charge in [-0.3, -0.25) is 6.08 Å². The second-order valence-electron chi connectivity index (χ2n) is 4.12. The maximum atomic E-state index is 3.43. The molecule has 1 aliphatic rings. The van der Waals surface area contributed by atoms with Crippen LogP contribution in [0.4, 0.5) is 0 Å². The van der Waals surface area contributed by atoms with Crippen molar-refractivity contribution in [1.82, 2.24) is 0 Å². The summed E-state index contributed by atoms with van der Waals surface area (Å²) in [5, 5.41) is 0. The molecule has 1 radical (unpaired) electrons. The van der Waals surface area contributed by atoms with Crippen LogP contribution in [0.15, 0.2) is 24.3 Å². The molecule has 85 valence electrons. The number of allylic oxidation sites excluding steroid dienone is 1. The van der Waals surface area contributed by atoms with Gasteiger partial charge in [0.2, 0.25) is 0 Å². The zero-order valence-corrected chi connectivity index (χ0v) is 13.5. The van der Waals surface area contributed by atoms with Crippen LogP contribution in [-0.4, -0.2) is 0 Å². The van der Waals surface area contributed by atoms with E-state index in [-0.39, 0.29) is 51.0 Å². The van der Waals surface area contributed by atoms with Gasteiger partial charge >= 0.3 is 26.2 Å². The fraction of sp³-hybridized carbons (Fsp3) is 0.385. The molecule has 1 unspecified atom stereocenters. The zero-order valence-electron chi connectivity index (χ0n) is 9.50. The summed E-state index contributed by atoms with van der Waals surface area (Å²) in [6.45, 7) is 4.53. The summed E-state index contributed by atoms with van der Waals surface area (Å²) in [5.41, 5.74) is 2.81. The molecule has 0 N–H and O–H groups in total. The minimum atomic E-state index is 0. The minimum Gasteiger partial charge on any atom is -1.00 e. The molecule has 2 rings (SSSR count). The first-order valence-electron chi connectivity index (χ1n) is 4.95. The van der Waals surface area contributed by atoms with E-state index in [1.54, 1.807) is 0 Å². The van der Waals surface area contributed by atoms with Crippen molar-refractivity contribution in [3.8, 4) is 0 Å². The maximum Gasteiger partial charge on any atom is 3.00 e. The van der Waals surface area contributed by atoms with E-state index in [1.165, 1.54) is 17.5 Å². The van der Waals surface area contributed by atoms with Crippen LogP contribution in [0.5, 0.6) is 0 Å². The quantitative estimate of drug-likeness (QED) is 0.532.